The maximum absolute atomic E-state index is 6.08. The Labute approximate surface area is 174 Å². The van der Waals surface area contributed by atoms with Crippen LogP contribution in [0.15, 0.2) is 24.3 Å². The summed E-state index contributed by atoms with van der Waals surface area (Å²) in [6.07, 6.45) is 2.47. The summed E-state index contributed by atoms with van der Waals surface area (Å²) in [7, 11) is 2.07. The van der Waals surface area contributed by atoms with E-state index in [-0.39, 0.29) is 0 Å². The molecule has 1 atom stereocenters. The molecule has 2 fully saturated rings. The molecule has 2 aliphatic rings. The molecule has 2 saturated heterocycles. The summed E-state index contributed by atoms with van der Waals surface area (Å²) < 4.78 is 13.7. The largest absolute Gasteiger partial charge is 0.493 e. The predicted octanol–water partition coefficient (Wildman–Crippen LogP) is 3.16. The molecule has 1 aromatic heterocycles. The van der Waals surface area contributed by atoms with Crippen molar-refractivity contribution >= 4 is 5.82 Å². The Morgan fingerprint density at radius 2 is 1.86 bits per heavy atom. The topological polar surface area (TPSA) is 42.8 Å². The maximum Gasteiger partial charge on any atom is 0.131 e. The quantitative estimate of drug-likeness (QED) is 0.748. The van der Waals surface area contributed by atoms with E-state index in [1.165, 1.54) is 29.8 Å². The fourth-order valence-corrected chi connectivity index (χ4v) is 4.55. The van der Waals surface area contributed by atoms with Crippen LogP contribution >= 0.6 is 0 Å². The number of hydrogen-bond acceptors (Lipinski definition) is 5. The lowest BCUT2D eigenvalue weighted by molar-refractivity contribution is 0.120. The molecular weight excluding hydrogens is 364 g/mol. The zero-order valence-corrected chi connectivity index (χ0v) is 18.1. The minimum absolute atomic E-state index is 0.578. The van der Waals surface area contributed by atoms with E-state index >= 15 is 0 Å². The summed E-state index contributed by atoms with van der Waals surface area (Å²) in [6.45, 7) is 11.7. The highest BCUT2D eigenvalue weighted by molar-refractivity contribution is 5.50. The van der Waals surface area contributed by atoms with Gasteiger partial charge in [-0.05, 0) is 45.4 Å². The Morgan fingerprint density at radius 1 is 1.10 bits per heavy atom. The monoisotopic (exact) mass is 398 g/mol. The Bertz CT molecular complexity index is 796. The van der Waals surface area contributed by atoms with Crippen LogP contribution in [0.4, 0.5) is 5.82 Å². The number of aromatic nitrogens is 2. The molecule has 0 radical (unpaired) electrons. The molecule has 2 aliphatic heterocycles. The smallest absolute Gasteiger partial charge is 0.131 e. The summed E-state index contributed by atoms with van der Waals surface area (Å²) in [5, 5.41) is 4.74. The molecule has 0 amide bonds. The first-order valence-corrected chi connectivity index (χ1v) is 10.9. The van der Waals surface area contributed by atoms with E-state index in [1.54, 1.807) is 0 Å². The van der Waals surface area contributed by atoms with Crippen LogP contribution in [-0.4, -0.2) is 60.7 Å². The number of rotatable bonds is 6. The van der Waals surface area contributed by atoms with Gasteiger partial charge in [0.15, 0.2) is 0 Å². The van der Waals surface area contributed by atoms with Gasteiger partial charge in [0.05, 0.1) is 25.5 Å². The van der Waals surface area contributed by atoms with Crippen LogP contribution in [0.3, 0.4) is 0 Å². The van der Waals surface area contributed by atoms with Gasteiger partial charge in [0.25, 0.3) is 0 Å². The average Bonchev–Trinajstić information content (AvgIpc) is 3.01. The Hall–Kier alpha value is -2.05. The van der Waals surface area contributed by atoms with E-state index in [4.69, 9.17) is 14.6 Å². The van der Waals surface area contributed by atoms with Gasteiger partial charge in [-0.2, -0.15) is 5.10 Å². The van der Waals surface area contributed by atoms with Gasteiger partial charge >= 0.3 is 0 Å². The van der Waals surface area contributed by atoms with Crippen LogP contribution in [0.5, 0.6) is 5.75 Å². The van der Waals surface area contributed by atoms with Crippen LogP contribution in [0.2, 0.25) is 0 Å². The maximum atomic E-state index is 6.08. The van der Waals surface area contributed by atoms with Crippen LogP contribution in [0.25, 0.3) is 0 Å². The molecule has 6 nitrogen and oxygen atoms in total. The molecule has 1 unspecified atom stereocenters. The van der Waals surface area contributed by atoms with Gasteiger partial charge in [-0.3, -0.25) is 9.58 Å². The van der Waals surface area contributed by atoms with Crippen LogP contribution < -0.4 is 9.64 Å². The molecule has 4 rings (SSSR count). The third-order valence-corrected chi connectivity index (χ3v) is 6.12. The molecule has 2 aromatic rings. The number of anilines is 1. The third-order valence-electron chi connectivity index (χ3n) is 6.12. The van der Waals surface area contributed by atoms with Crippen molar-refractivity contribution in [2.24, 2.45) is 13.0 Å². The van der Waals surface area contributed by atoms with Gasteiger partial charge in [0.1, 0.15) is 11.6 Å². The van der Waals surface area contributed by atoms with E-state index in [2.05, 4.69) is 59.6 Å². The van der Waals surface area contributed by atoms with Gasteiger partial charge in [-0.25, -0.2) is 0 Å². The molecule has 158 valence electrons. The fourth-order valence-electron chi connectivity index (χ4n) is 4.55. The summed E-state index contributed by atoms with van der Waals surface area (Å²) >= 11 is 0. The van der Waals surface area contributed by atoms with Crippen LogP contribution in [-0.2, 0) is 18.3 Å². The van der Waals surface area contributed by atoms with Crippen molar-refractivity contribution in [2.45, 2.75) is 33.2 Å². The number of piperidine rings is 1. The van der Waals surface area contributed by atoms with E-state index in [0.29, 0.717) is 5.92 Å². The van der Waals surface area contributed by atoms with E-state index in [1.807, 2.05) is 0 Å². The highest BCUT2D eigenvalue weighted by atomic mass is 16.5. The van der Waals surface area contributed by atoms with Gasteiger partial charge < -0.3 is 14.4 Å². The molecule has 3 heterocycles. The fraction of sp³-hybridized carbons (Fsp3) is 0.609. The first kappa shape index (κ1) is 20.2. The van der Waals surface area contributed by atoms with Crippen molar-refractivity contribution in [2.75, 3.05) is 50.9 Å². The van der Waals surface area contributed by atoms with Gasteiger partial charge in [0, 0.05) is 44.7 Å². The minimum atomic E-state index is 0.578. The first-order chi connectivity index (χ1) is 14.1. The molecule has 0 saturated carbocycles. The summed E-state index contributed by atoms with van der Waals surface area (Å²) in [4.78, 5) is 5.02. The molecule has 0 aliphatic carbocycles. The minimum Gasteiger partial charge on any atom is -0.493 e. The molecule has 29 heavy (non-hydrogen) atoms. The Balaban J connectivity index is 1.38. The van der Waals surface area contributed by atoms with E-state index in [9.17, 15) is 0 Å². The number of ether oxygens (including phenoxy) is 2. The lowest BCUT2D eigenvalue weighted by Gasteiger charge is -2.34. The zero-order chi connectivity index (χ0) is 20.2. The zero-order valence-electron chi connectivity index (χ0n) is 18.1. The third kappa shape index (κ3) is 4.93. The van der Waals surface area contributed by atoms with Crippen LogP contribution in [0, 0.1) is 19.8 Å². The molecule has 0 N–H and O–H groups in total. The number of aryl methyl sites for hydroxylation is 3. The highest BCUT2D eigenvalue weighted by Crippen LogP contribution is 2.28. The Kier molecular flexibility index (Phi) is 6.40. The van der Waals surface area contributed by atoms with Gasteiger partial charge in [-0.15, -0.1) is 0 Å². The average molecular weight is 399 g/mol. The predicted molar refractivity (Wildman–Crippen MR) is 116 cm³/mol. The van der Waals surface area contributed by atoms with Crippen LogP contribution in [0.1, 0.15) is 29.7 Å². The molecule has 1 aromatic carbocycles. The summed E-state index contributed by atoms with van der Waals surface area (Å²) in [5.74, 6) is 2.82. The van der Waals surface area contributed by atoms with Gasteiger partial charge in [0.2, 0.25) is 0 Å². The Morgan fingerprint density at radius 3 is 2.62 bits per heavy atom. The van der Waals surface area contributed by atoms with Gasteiger partial charge in [-0.1, -0.05) is 17.7 Å². The second-order valence-electron chi connectivity index (χ2n) is 8.48. The standard InChI is InChI=1S/C23H34N4O2/c1-18-6-8-21(9-7-18)29-17-20-5-4-10-26(15-20)16-22-19(2)24-25(3)23(22)27-11-13-28-14-12-27/h6-9,20H,4-5,10-17H2,1-3H3. The van der Waals surface area contributed by atoms with Crippen molar-refractivity contribution in [3.8, 4) is 5.75 Å². The van der Waals surface area contributed by atoms with Crippen molar-refractivity contribution in [1.29, 1.82) is 0 Å². The molecule has 0 bridgehead atoms. The molecule has 6 heteroatoms. The van der Waals surface area contributed by atoms with Crippen molar-refractivity contribution in [3.63, 3.8) is 0 Å². The lowest BCUT2D eigenvalue weighted by Crippen LogP contribution is -2.40. The SMILES string of the molecule is Cc1ccc(OCC2CCCN(Cc3c(C)nn(C)c3N3CCOCC3)C2)cc1. The second kappa shape index (κ2) is 9.18. The van der Waals surface area contributed by atoms with E-state index < -0.39 is 0 Å². The summed E-state index contributed by atoms with van der Waals surface area (Å²) in [6, 6.07) is 8.37. The number of likely N-dealkylation sites (tertiary alicyclic amines) is 1. The normalized spacial score (nSPS) is 20.8. The number of nitrogens with zero attached hydrogens (tertiary/aromatic N) is 4. The van der Waals surface area contributed by atoms with Crippen molar-refractivity contribution in [3.05, 3.63) is 41.1 Å². The molecule has 0 spiro atoms. The lowest BCUT2D eigenvalue weighted by atomic mass is 9.98. The molecular formula is C23H34N4O2. The first-order valence-electron chi connectivity index (χ1n) is 10.9. The van der Waals surface area contributed by atoms with E-state index in [0.717, 1.165) is 64.0 Å². The number of morpholine rings is 1. The second-order valence-corrected chi connectivity index (χ2v) is 8.48. The van der Waals surface area contributed by atoms with Crippen molar-refractivity contribution in [1.82, 2.24) is 14.7 Å². The number of hydrogen-bond donors (Lipinski definition) is 0. The van der Waals surface area contributed by atoms with Crippen molar-refractivity contribution < 1.29 is 9.47 Å². The summed E-state index contributed by atoms with van der Waals surface area (Å²) in [5.41, 5.74) is 3.78. The highest BCUT2D eigenvalue weighted by Gasteiger charge is 2.26. The number of benzene rings is 1.